The first-order chi connectivity index (χ1) is 11.2. The molecule has 2 rings (SSSR count). The fourth-order valence-electron chi connectivity index (χ4n) is 2.07. The van der Waals surface area contributed by atoms with Gasteiger partial charge >= 0.3 is 0 Å². The molecular weight excluding hydrogens is 334 g/mol. The van der Waals surface area contributed by atoms with Crippen LogP contribution in [0.2, 0.25) is 0 Å². The first-order valence-corrected chi connectivity index (χ1v) is 8.31. The van der Waals surface area contributed by atoms with E-state index in [9.17, 15) is 13.2 Å². The summed E-state index contributed by atoms with van der Waals surface area (Å²) in [5, 5.41) is 2.68. The number of methoxy groups -OCH3 is 2. The van der Waals surface area contributed by atoms with Crippen molar-refractivity contribution in [3.05, 3.63) is 47.5 Å². The van der Waals surface area contributed by atoms with Gasteiger partial charge in [-0.05, 0) is 42.8 Å². The lowest BCUT2D eigenvalue weighted by Gasteiger charge is -2.11. The fraction of sp³-hybridized carbons (Fsp3) is 0.188. The van der Waals surface area contributed by atoms with Crippen LogP contribution in [0.5, 0.6) is 11.5 Å². The van der Waals surface area contributed by atoms with E-state index in [2.05, 4.69) is 5.32 Å². The van der Waals surface area contributed by atoms with E-state index in [4.69, 9.17) is 14.0 Å². The number of aryl methyl sites for hydroxylation is 1. The minimum absolute atomic E-state index is 0.235. The molecule has 0 aliphatic carbocycles. The summed E-state index contributed by atoms with van der Waals surface area (Å²) in [6, 6.07) is 8.65. The maximum atomic E-state index is 12.4. The number of rotatable bonds is 5. The van der Waals surface area contributed by atoms with E-state index in [0.717, 1.165) is 0 Å². The van der Waals surface area contributed by atoms with Crippen molar-refractivity contribution in [2.75, 3.05) is 19.5 Å². The normalized spacial score (nSPS) is 11.0. The van der Waals surface area contributed by atoms with Crippen molar-refractivity contribution >= 4 is 21.7 Å². The lowest BCUT2D eigenvalue weighted by Crippen LogP contribution is -2.13. The monoisotopic (exact) mass is 351 g/mol. The Morgan fingerprint density at radius 2 is 1.62 bits per heavy atom. The SMILES string of the molecule is COc1cc(OC)cc(C(=O)Nc2ccc(S(=O)(=O)O)cc2C)c1. The second-order valence-electron chi connectivity index (χ2n) is 5.01. The molecule has 2 N–H and O–H groups in total. The number of anilines is 1. The summed E-state index contributed by atoms with van der Waals surface area (Å²) in [6.45, 7) is 1.62. The summed E-state index contributed by atoms with van der Waals surface area (Å²) in [6.07, 6.45) is 0. The number of nitrogens with one attached hydrogen (secondary N) is 1. The van der Waals surface area contributed by atoms with Gasteiger partial charge < -0.3 is 14.8 Å². The Bertz CT molecular complexity index is 854. The van der Waals surface area contributed by atoms with E-state index in [0.29, 0.717) is 28.3 Å². The summed E-state index contributed by atoms with van der Waals surface area (Å²) in [7, 11) is -1.32. The number of ether oxygens (including phenoxy) is 2. The molecule has 0 saturated carbocycles. The average Bonchev–Trinajstić information content (AvgIpc) is 2.55. The van der Waals surface area contributed by atoms with Gasteiger partial charge in [-0.3, -0.25) is 9.35 Å². The Morgan fingerprint density at radius 3 is 2.08 bits per heavy atom. The van der Waals surface area contributed by atoms with Gasteiger partial charge in [0.2, 0.25) is 0 Å². The quantitative estimate of drug-likeness (QED) is 0.803. The fourth-order valence-corrected chi connectivity index (χ4v) is 2.64. The second-order valence-corrected chi connectivity index (χ2v) is 6.43. The molecule has 0 atom stereocenters. The molecule has 0 aliphatic heterocycles. The van der Waals surface area contributed by atoms with Crippen molar-refractivity contribution in [1.29, 1.82) is 0 Å². The topological polar surface area (TPSA) is 102 Å². The maximum absolute atomic E-state index is 12.4. The van der Waals surface area contributed by atoms with Crippen LogP contribution in [0, 0.1) is 6.92 Å². The largest absolute Gasteiger partial charge is 0.497 e. The lowest BCUT2D eigenvalue weighted by molar-refractivity contribution is 0.102. The predicted molar refractivity (Wildman–Crippen MR) is 88.5 cm³/mol. The Morgan fingerprint density at radius 1 is 1.04 bits per heavy atom. The Hall–Kier alpha value is -2.58. The van der Waals surface area contributed by atoms with Gasteiger partial charge in [0.25, 0.3) is 16.0 Å². The van der Waals surface area contributed by atoms with Crippen LogP contribution in [0.4, 0.5) is 5.69 Å². The van der Waals surface area contributed by atoms with Crippen LogP contribution in [-0.4, -0.2) is 33.1 Å². The number of hydrogen-bond acceptors (Lipinski definition) is 5. The summed E-state index contributed by atoms with van der Waals surface area (Å²) in [5.74, 6) is 0.533. The smallest absolute Gasteiger partial charge is 0.294 e. The van der Waals surface area contributed by atoms with Crippen LogP contribution in [0.1, 0.15) is 15.9 Å². The van der Waals surface area contributed by atoms with Crippen molar-refractivity contribution in [1.82, 2.24) is 0 Å². The maximum Gasteiger partial charge on any atom is 0.294 e. The zero-order valence-electron chi connectivity index (χ0n) is 13.4. The van der Waals surface area contributed by atoms with E-state index >= 15 is 0 Å². The highest BCUT2D eigenvalue weighted by Crippen LogP contribution is 2.24. The van der Waals surface area contributed by atoms with Crippen LogP contribution in [0.15, 0.2) is 41.3 Å². The van der Waals surface area contributed by atoms with Gasteiger partial charge in [0.15, 0.2) is 0 Å². The molecule has 8 heteroatoms. The number of carbonyl (C=O) groups is 1. The second kappa shape index (κ2) is 6.90. The predicted octanol–water partition coefficient (Wildman–Crippen LogP) is 2.51. The average molecular weight is 351 g/mol. The van der Waals surface area contributed by atoms with Crippen LogP contribution in [-0.2, 0) is 10.1 Å². The zero-order valence-corrected chi connectivity index (χ0v) is 14.2. The third-order valence-corrected chi connectivity index (χ3v) is 4.21. The minimum Gasteiger partial charge on any atom is -0.497 e. The molecule has 7 nitrogen and oxygen atoms in total. The molecule has 0 saturated heterocycles. The van der Waals surface area contributed by atoms with Crippen LogP contribution in [0.3, 0.4) is 0 Å². The Balaban J connectivity index is 2.30. The van der Waals surface area contributed by atoms with Crippen LogP contribution >= 0.6 is 0 Å². The first kappa shape index (κ1) is 17.8. The zero-order chi connectivity index (χ0) is 17.9. The van der Waals surface area contributed by atoms with Gasteiger partial charge in [-0.1, -0.05) is 0 Å². The molecular formula is C16H17NO6S. The van der Waals surface area contributed by atoms with E-state index in [1.165, 1.54) is 32.4 Å². The highest BCUT2D eigenvalue weighted by atomic mass is 32.2. The molecule has 1 amide bonds. The van der Waals surface area contributed by atoms with Gasteiger partial charge in [-0.25, -0.2) is 0 Å². The van der Waals surface area contributed by atoms with Crippen molar-refractivity contribution in [3.8, 4) is 11.5 Å². The van der Waals surface area contributed by atoms with Gasteiger partial charge in [-0.15, -0.1) is 0 Å². The van der Waals surface area contributed by atoms with Gasteiger partial charge in [-0.2, -0.15) is 8.42 Å². The summed E-state index contributed by atoms with van der Waals surface area (Å²) in [5.41, 5.74) is 1.24. The molecule has 0 spiro atoms. The van der Waals surface area contributed by atoms with Gasteiger partial charge in [0, 0.05) is 17.3 Å². The molecule has 0 aliphatic rings. The van der Waals surface area contributed by atoms with Crippen LogP contribution < -0.4 is 14.8 Å². The van der Waals surface area contributed by atoms with Crippen molar-refractivity contribution in [3.63, 3.8) is 0 Å². The number of hydrogen-bond donors (Lipinski definition) is 2. The highest BCUT2D eigenvalue weighted by molar-refractivity contribution is 7.85. The summed E-state index contributed by atoms with van der Waals surface area (Å²) < 4.78 is 41.5. The van der Waals surface area contributed by atoms with E-state index in [-0.39, 0.29) is 4.90 Å². The molecule has 0 bridgehead atoms. The Labute approximate surface area is 140 Å². The standard InChI is InChI=1S/C16H17NO6S/c1-10-6-14(24(19,20)21)4-5-15(10)17-16(18)11-7-12(22-2)9-13(8-11)23-3/h4-9H,1-3H3,(H,17,18)(H,19,20,21). The molecule has 24 heavy (non-hydrogen) atoms. The summed E-state index contributed by atoms with van der Waals surface area (Å²) >= 11 is 0. The van der Waals surface area contributed by atoms with E-state index in [1.807, 2.05) is 0 Å². The molecule has 0 heterocycles. The number of amides is 1. The van der Waals surface area contributed by atoms with Gasteiger partial charge in [0.05, 0.1) is 19.1 Å². The molecule has 128 valence electrons. The number of carbonyl (C=O) groups excluding carboxylic acids is 1. The minimum atomic E-state index is -4.29. The van der Waals surface area contributed by atoms with Crippen molar-refractivity contribution < 1.29 is 27.2 Å². The van der Waals surface area contributed by atoms with Crippen molar-refractivity contribution in [2.45, 2.75) is 11.8 Å². The lowest BCUT2D eigenvalue weighted by atomic mass is 10.1. The molecule has 0 fully saturated rings. The van der Waals surface area contributed by atoms with Gasteiger partial charge in [0.1, 0.15) is 11.5 Å². The third kappa shape index (κ3) is 4.03. The summed E-state index contributed by atoms with van der Waals surface area (Å²) in [4.78, 5) is 12.2. The van der Waals surface area contributed by atoms with Crippen molar-refractivity contribution in [2.24, 2.45) is 0 Å². The molecule has 0 aromatic heterocycles. The van der Waals surface area contributed by atoms with Crippen LogP contribution in [0.25, 0.3) is 0 Å². The molecule has 2 aromatic carbocycles. The van der Waals surface area contributed by atoms with E-state index in [1.54, 1.807) is 25.1 Å². The molecule has 0 radical (unpaired) electrons. The molecule has 2 aromatic rings. The Kier molecular flexibility index (Phi) is 5.10. The highest BCUT2D eigenvalue weighted by Gasteiger charge is 2.14. The van der Waals surface area contributed by atoms with E-state index < -0.39 is 16.0 Å². The number of benzene rings is 2. The third-order valence-electron chi connectivity index (χ3n) is 3.36. The first-order valence-electron chi connectivity index (χ1n) is 6.87. The molecule has 0 unspecified atom stereocenters.